The molecule has 0 fully saturated rings. The molecule has 0 aliphatic heterocycles. The first-order valence-electron chi connectivity index (χ1n) is 14.7. The van der Waals surface area contributed by atoms with E-state index in [0.717, 1.165) is 24.8 Å². The zero-order valence-corrected chi connectivity index (χ0v) is 24.9. The van der Waals surface area contributed by atoms with E-state index in [1.807, 2.05) is 12.1 Å². The van der Waals surface area contributed by atoms with Gasteiger partial charge < -0.3 is 19.3 Å². The maximum atomic E-state index is 11.2. The predicted molar refractivity (Wildman–Crippen MR) is 153 cm³/mol. The summed E-state index contributed by atoms with van der Waals surface area (Å²) in [6.07, 6.45) is 19.7. The first kappa shape index (κ1) is 35.1. The minimum absolute atomic E-state index is 0.0162. The third kappa shape index (κ3) is 18.1. The lowest BCUT2D eigenvalue weighted by Crippen LogP contribution is -2.29. The number of rotatable bonds is 24. The summed E-state index contributed by atoms with van der Waals surface area (Å²) in [5, 5.41) is 18.9. The van der Waals surface area contributed by atoms with Gasteiger partial charge in [0.25, 0.3) is 0 Å². The summed E-state index contributed by atoms with van der Waals surface area (Å²) in [5.74, 6) is 0.0657. The molecule has 0 radical (unpaired) electrons. The minimum atomic E-state index is -4.71. The van der Waals surface area contributed by atoms with Crippen molar-refractivity contribution in [3.05, 3.63) is 28.8 Å². The molecule has 1 aromatic rings. The molecule has 0 unspecified atom stereocenters. The number of unbranched alkanes of at least 4 members (excludes halogenated alkanes) is 15. The highest BCUT2D eigenvalue weighted by Crippen LogP contribution is 2.36. The van der Waals surface area contributed by atoms with Gasteiger partial charge in [0.05, 0.1) is 24.3 Å². The van der Waals surface area contributed by atoms with Gasteiger partial charge >= 0.3 is 7.82 Å². The topological polar surface area (TPSA) is 133 Å². The van der Waals surface area contributed by atoms with Crippen molar-refractivity contribution in [2.45, 2.75) is 123 Å². The standard InChI is InChI=1S/C30H49N2O6P/c1-3-4-5-6-7-8-9-10-11-12-13-14-15-16-17-18-19-36-24-29(25-37-39(33,34)35)38-30-27(22-31)20-26(2)21-28(30)23-32/h20-21,29H,3-19,24-25H2,1-2H3,(H2,33,34,35)/t29-/m1/s1. The lowest BCUT2D eigenvalue weighted by Gasteiger charge is -2.21. The SMILES string of the molecule is CCCCCCCCCCCCCCCCCCOC[C@H](COP(=O)(O)O)Oc1c(C#N)cc(C)cc1C#N. The molecule has 1 rings (SSSR count). The normalized spacial score (nSPS) is 12.2. The molecule has 0 saturated carbocycles. The Kier molecular flexibility index (Phi) is 19.7. The van der Waals surface area contributed by atoms with Gasteiger partial charge in [-0.2, -0.15) is 10.5 Å². The van der Waals surface area contributed by atoms with Crippen LogP contribution in [0.5, 0.6) is 5.75 Å². The molecule has 1 atom stereocenters. The van der Waals surface area contributed by atoms with E-state index in [1.54, 1.807) is 19.1 Å². The highest BCUT2D eigenvalue weighted by Gasteiger charge is 2.22. The third-order valence-corrected chi connectivity index (χ3v) is 7.12. The van der Waals surface area contributed by atoms with Crippen LogP contribution in [0.1, 0.15) is 126 Å². The van der Waals surface area contributed by atoms with Crippen LogP contribution in [0.4, 0.5) is 0 Å². The van der Waals surface area contributed by atoms with Crippen LogP contribution in [0.15, 0.2) is 12.1 Å². The van der Waals surface area contributed by atoms with Gasteiger partial charge in [-0.3, -0.25) is 4.52 Å². The molecule has 2 N–H and O–H groups in total. The first-order valence-corrected chi connectivity index (χ1v) is 16.2. The number of phosphoric acid groups is 1. The number of ether oxygens (including phenoxy) is 2. The van der Waals surface area contributed by atoms with Crippen molar-refractivity contribution in [2.24, 2.45) is 0 Å². The van der Waals surface area contributed by atoms with Crippen molar-refractivity contribution in [1.82, 2.24) is 0 Å². The third-order valence-electron chi connectivity index (χ3n) is 6.63. The monoisotopic (exact) mass is 564 g/mol. The maximum Gasteiger partial charge on any atom is 0.469 e. The van der Waals surface area contributed by atoms with E-state index in [0.29, 0.717) is 6.61 Å². The number of hydrogen-bond acceptors (Lipinski definition) is 6. The van der Waals surface area contributed by atoms with Gasteiger partial charge in [0.1, 0.15) is 18.2 Å². The van der Waals surface area contributed by atoms with Crippen LogP contribution in [0.3, 0.4) is 0 Å². The van der Waals surface area contributed by atoms with Gasteiger partial charge in [0.2, 0.25) is 0 Å². The largest absolute Gasteiger partial charge is 0.483 e. The van der Waals surface area contributed by atoms with Gasteiger partial charge in [-0.05, 0) is 31.0 Å². The molecular weight excluding hydrogens is 515 g/mol. The molecule has 0 aliphatic carbocycles. The summed E-state index contributed by atoms with van der Waals surface area (Å²) in [7, 11) is -4.71. The smallest absolute Gasteiger partial charge is 0.469 e. The summed E-state index contributed by atoms with van der Waals surface area (Å²) < 4.78 is 27.3. The van der Waals surface area contributed by atoms with Crippen molar-refractivity contribution in [1.29, 1.82) is 10.5 Å². The lowest BCUT2D eigenvalue weighted by molar-refractivity contribution is 0.0177. The molecular formula is C30H49N2O6P. The lowest BCUT2D eigenvalue weighted by atomic mass is 10.0. The average molecular weight is 565 g/mol. The second-order valence-corrected chi connectivity index (χ2v) is 11.6. The van der Waals surface area contributed by atoms with E-state index in [4.69, 9.17) is 19.3 Å². The van der Waals surface area contributed by atoms with E-state index < -0.39 is 20.5 Å². The number of aryl methyl sites for hydroxylation is 1. The highest BCUT2D eigenvalue weighted by molar-refractivity contribution is 7.46. The van der Waals surface area contributed by atoms with E-state index >= 15 is 0 Å². The van der Waals surface area contributed by atoms with Crippen molar-refractivity contribution < 1.29 is 28.3 Å². The number of nitriles is 2. The van der Waals surface area contributed by atoms with E-state index in [9.17, 15) is 15.1 Å². The van der Waals surface area contributed by atoms with E-state index in [1.165, 1.54) is 83.5 Å². The molecule has 0 aliphatic rings. The Labute approximate surface area is 235 Å². The Bertz CT molecular complexity index is 886. The molecule has 9 heteroatoms. The van der Waals surface area contributed by atoms with Crippen LogP contribution in [0.25, 0.3) is 0 Å². The van der Waals surface area contributed by atoms with Crippen LogP contribution < -0.4 is 4.74 Å². The highest BCUT2D eigenvalue weighted by atomic mass is 31.2. The van der Waals surface area contributed by atoms with Gasteiger partial charge in [0.15, 0.2) is 5.75 Å². The Morgan fingerprint density at radius 1 is 0.769 bits per heavy atom. The molecule has 39 heavy (non-hydrogen) atoms. The second-order valence-electron chi connectivity index (χ2n) is 10.3. The van der Waals surface area contributed by atoms with Crippen molar-refractivity contribution in [3.8, 4) is 17.9 Å². The Morgan fingerprint density at radius 2 is 1.21 bits per heavy atom. The van der Waals surface area contributed by atoms with Gasteiger partial charge in [-0.1, -0.05) is 103 Å². The van der Waals surface area contributed by atoms with Crippen LogP contribution in [-0.2, 0) is 13.8 Å². The number of phosphoric ester groups is 1. The molecule has 1 aromatic carbocycles. The van der Waals surface area contributed by atoms with Crippen molar-refractivity contribution >= 4 is 7.82 Å². The minimum Gasteiger partial charge on any atom is -0.483 e. The molecule has 0 amide bonds. The van der Waals surface area contributed by atoms with E-state index in [-0.39, 0.29) is 23.5 Å². The van der Waals surface area contributed by atoms with E-state index in [2.05, 4.69) is 11.4 Å². The summed E-state index contributed by atoms with van der Waals surface area (Å²) in [6, 6.07) is 7.19. The molecule has 8 nitrogen and oxygen atoms in total. The summed E-state index contributed by atoms with van der Waals surface area (Å²) in [6.45, 7) is 4.09. The summed E-state index contributed by atoms with van der Waals surface area (Å²) in [5.41, 5.74) is 1.08. The Morgan fingerprint density at radius 3 is 1.62 bits per heavy atom. The Hall–Kier alpha value is -1.93. The molecule has 0 saturated heterocycles. The molecule has 0 aromatic heterocycles. The van der Waals surface area contributed by atoms with Gasteiger partial charge in [0, 0.05) is 6.61 Å². The fraction of sp³-hybridized carbons (Fsp3) is 0.733. The molecule has 0 bridgehead atoms. The van der Waals surface area contributed by atoms with Crippen LogP contribution >= 0.6 is 7.82 Å². The summed E-state index contributed by atoms with van der Waals surface area (Å²) >= 11 is 0. The van der Waals surface area contributed by atoms with Gasteiger partial charge in [-0.25, -0.2) is 4.57 Å². The second kappa shape index (κ2) is 21.8. The fourth-order valence-electron chi connectivity index (χ4n) is 4.50. The number of nitrogens with zero attached hydrogens (tertiary/aromatic N) is 2. The zero-order chi connectivity index (χ0) is 28.8. The van der Waals surface area contributed by atoms with Crippen molar-refractivity contribution in [3.63, 3.8) is 0 Å². The maximum absolute atomic E-state index is 11.2. The zero-order valence-electron chi connectivity index (χ0n) is 24.0. The van der Waals surface area contributed by atoms with Crippen LogP contribution in [0, 0.1) is 29.6 Å². The summed E-state index contributed by atoms with van der Waals surface area (Å²) in [4.78, 5) is 18.2. The predicted octanol–water partition coefficient (Wildman–Crippen LogP) is 7.87. The molecule has 220 valence electrons. The number of benzene rings is 1. The van der Waals surface area contributed by atoms with Crippen molar-refractivity contribution in [2.75, 3.05) is 19.8 Å². The van der Waals surface area contributed by atoms with Crippen LogP contribution in [0.2, 0.25) is 0 Å². The van der Waals surface area contributed by atoms with Gasteiger partial charge in [-0.15, -0.1) is 0 Å². The Balaban J connectivity index is 2.23. The number of hydrogen-bond donors (Lipinski definition) is 2. The first-order chi connectivity index (χ1) is 18.8. The van der Waals surface area contributed by atoms with Crippen LogP contribution in [-0.4, -0.2) is 35.7 Å². The fourth-order valence-corrected chi connectivity index (χ4v) is 4.86. The average Bonchev–Trinajstić information content (AvgIpc) is 2.90. The molecule has 0 spiro atoms. The quantitative estimate of drug-likeness (QED) is 0.0957. The molecule has 0 heterocycles.